The summed E-state index contributed by atoms with van der Waals surface area (Å²) in [5.41, 5.74) is 1.15. The summed E-state index contributed by atoms with van der Waals surface area (Å²) in [6.45, 7) is 4.98. The number of likely N-dealkylation sites (N-methyl/N-ethyl adjacent to an activating group) is 1. The van der Waals surface area contributed by atoms with Gasteiger partial charge in [-0.3, -0.25) is 9.88 Å². The van der Waals surface area contributed by atoms with E-state index in [1.807, 2.05) is 13.8 Å². The highest BCUT2D eigenvalue weighted by atomic mass is 19.4. The Morgan fingerprint density at radius 3 is 2.35 bits per heavy atom. The fourth-order valence-electron chi connectivity index (χ4n) is 2.86. The Kier molecular flexibility index (Phi) is 4.18. The predicted octanol–water partition coefficient (Wildman–Crippen LogP) is 3.84. The molecule has 1 aromatic heterocycles. The number of nitrogens with zero attached hydrogens (tertiary/aromatic N) is 2. The van der Waals surface area contributed by atoms with Crippen LogP contribution in [0.2, 0.25) is 0 Å². The van der Waals surface area contributed by atoms with Crippen molar-refractivity contribution in [3.8, 4) is 0 Å². The summed E-state index contributed by atoms with van der Waals surface area (Å²) in [6.07, 6.45) is 0.211. The van der Waals surface area contributed by atoms with Crippen LogP contribution in [0.3, 0.4) is 0 Å². The SMILES string of the molecule is CC.CN1CC2CC1C=C2c1ccc(C(F)(F)F)nc1. The van der Waals surface area contributed by atoms with Gasteiger partial charge in [0.1, 0.15) is 5.69 Å². The van der Waals surface area contributed by atoms with E-state index in [0.29, 0.717) is 12.0 Å². The minimum absolute atomic E-state index is 0.437. The van der Waals surface area contributed by atoms with E-state index in [4.69, 9.17) is 0 Å². The molecule has 0 radical (unpaired) electrons. The highest BCUT2D eigenvalue weighted by molar-refractivity contribution is 5.71. The van der Waals surface area contributed by atoms with Crippen LogP contribution in [0.15, 0.2) is 24.4 Å². The number of hydrogen-bond donors (Lipinski definition) is 0. The monoisotopic (exact) mass is 284 g/mol. The second-order valence-corrected chi connectivity index (χ2v) is 4.99. The van der Waals surface area contributed by atoms with Crippen LogP contribution in [-0.2, 0) is 6.18 Å². The van der Waals surface area contributed by atoms with E-state index in [0.717, 1.165) is 30.2 Å². The van der Waals surface area contributed by atoms with Gasteiger partial charge in [0.2, 0.25) is 0 Å². The number of alkyl halides is 3. The maximum Gasteiger partial charge on any atom is 0.433 e. The number of fused-ring (bicyclic) bond motifs is 2. The highest BCUT2D eigenvalue weighted by Crippen LogP contribution is 2.41. The standard InChI is InChI=1S/C13H13F3N2.C2H6/c1-18-7-9-4-10(18)5-11(9)8-2-3-12(17-6-8)13(14,15)16;1-2/h2-3,5-6,9-10H,4,7H2,1H3;1-2H3. The molecular formula is C15H19F3N2. The van der Waals surface area contributed by atoms with Gasteiger partial charge in [0, 0.05) is 18.8 Å². The Labute approximate surface area is 117 Å². The van der Waals surface area contributed by atoms with Crippen molar-refractivity contribution in [2.75, 3.05) is 13.6 Å². The lowest BCUT2D eigenvalue weighted by molar-refractivity contribution is -0.141. The van der Waals surface area contributed by atoms with E-state index in [-0.39, 0.29) is 0 Å². The van der Waals surface area contributed by atoms with Crippen LogP contribution >= 0.6 is 0 Å². The molecule has 1 aliphatic carbocycles. The Morgan fingerprint density at radius 1 is 1.25 bits per heavy atom. The molecule has 0 saturated carbocycles. The van der Waals surface area contributed by atoms with E-state index < -0.39 is 11.9 Å². The molecule has 3 rings (SSSR count). The topological polar surface area (TPSA) is 16.1 Å². The fraction of sp³-hybridized carbons (Fsp3) is 0.533. The summed E-state index contributed by atoms with van der Waals surface area (Å²) in [5.74, 6) is 0.443. The number of halogens is 3. The van der Waals surface area contributed by atoms with Crippen LogP contribution < -0.4 is 0 Å². The molecule has 2 unspecified atom stereocenters. The summed E-state index contributed by atoms with van der Waals surface area (Å²) < 4.78 is 37.2. The van der Waals surface area contributed by atoms with Crippen molar-refractivity contribution in [2.45, 2.75) is 32.5 Å². The van der Waals surface area contributed by atoms with Crippen LogP contribution in [0.1, 0.15) is 31.5 Å². The molecule has 2 heterocycles. The normalized spacial score (nSPS) is 25.2. The largest absolute Gasteiger partial charge is 0.433 e. The fourth-order valence-corrected chi connectivity index (χ4v) is 2.86. The van der Waals surface area contributed by atoms with Gasteiger partial charge in [0.05, 0.1) is 0 Å². The first-order valence-corrected chi connectivity index (χ1v) is 6.91. The van der Waals surface area contributed by atoms with Gasteiger partial charge < -0.3 is 0 Å². The molecule has 0 spiro atoms. The van der Waals surface area contributed by atoms with Crippen LogP contribution in [0.25, 0.3) is 5.57 Å². The number of aromatic nitrogens is 1. The molecule has 110 valence electrons. The van der Waals surface area contributed by atoms with Gasteiger partial charge in [-0.05, 0) is 36.6 Å². The summed E-state index contributed by atoms with van der Waals surface area (Å²) in [5, 5.41) is 0. The van der Waals surface area contributed by atoms with Crippen molar-refractivity contribution in [3.63, 3.8) is 0 Å². The first kappa shape index (κ1) is 15.0. The summed E-state index contributed by atoms with van der Waals surface area (Å²) in [7, 11) is 2.07. The third-order valence-electron chi connectivity index (χ3n) is 3.80. The predicted molar refractivity (Wildman–Crippen MR) is 73.1 cm³/mol. The summed E-state index contributed by atoms with van der Waals surface area (Å²) >= 11 is 0. The molecule has 2 bridgehead atoms. The lowest BCUT2D eigenvalue weighted by Gasteiger charge is -2.21. The Morgan fingerprint density at radius 2 is 1.95 bits per heavy atom. The first-order chi connectivity index (χ1) is 9.45. The van der Waals surface area contributed by atoms with Gasteiger partial charge in [0.15, 0.2) is 0 Å². The summed E-state index contributed by atoms with van der Waals surface area (Å²) in [4.78, 5) is 5.79. The van der Waals surface area contributed by atoms with Crippen molar-refractivity contribution in [1.82, 2.24) is 9.88 Å². The number of hydrogen-bond acceptors (Lipinski definition) is 2. The molecule has 20 heavy (non-hydrogen) atoms. The molecule has 1 aromatic rings. The zero-order valence-corrected chi connectivity index (χ0v) is 11.9. The second-order valence-electron chi connectivity index (χ2n) is 4.99. The third kappa shape index (κ3) is 2.73. The van der Waals surface area contributed by atoms with Crippen LogP contribution in [0.4, 0.5) is 13.2 Å². The molecule has 1 fully saturated rings. The number of likely N-dealkylation sites (tertiary alicyclic amines) is 1. The van der Waals surface area contributed by atoms with Gasteiger partial charge in [-0.2, -0.15) is 13.2 Å². The molecule has 0 N–H and O–H groups in total. The van der Waals surface area contributed by atoms with Crippen molar-refractivity contribution in [3.05, 3.63) is 35.7 Å². The summed E-state index contributed by atoms with van der Waals surface area (Å²) in [6, 6.07) is 3.03. The molecule has 2 aliphatic rings. The molecule has 2 nitrogen and oxygen atoms in total. The lowest BCUT2D eigenvalue weighted by Crippen LogP contribution is -2.25. The van der Waals surface area contributed by atoms with Gasteiger partial charge in [-0.25, -0.2) is 0 Å². The first-order valence-electron chi connectivity index (χ1n) is 6.91. The van der Waals surface area contributed by atoms with E-state index in [2.05, 4.69) is 23.0 Å². The van der Waals surface area contributed by atoms with Gasteiger partial charge in [0.25, 0.3) is 0 Å². The van der Waals surface area contributed by atoms with Crippen molar-refractivity contribution in [1.29, 1.82) is 0 Å². The van der Waals surface area contributed by atoms with E-state index in [9.17, 15) is 13.2 Å². The second kappa shape index (κ2) is 5.56. The van der Waals surface area contributed by atoms with Gasteiger partial charge in [-0.15, -0.1) is 0 Å². The molecule has 0 aromatic carbocycles. The maximum absolute atomic E-state index is 12.4. The minimum Gasteiger partial charge on any atom is -0.299 e. The zero-order chi connectivity index (χ0) is 14.9. The van der Waals surface area contributed by atoms with E-state index in [1.54, 1.807) is 0 Å². The van der Waals surface area contributed by atoms with Crippen molar-refractivity contribution < 1.29 is 13.2 Å². The van der Waals surface area contributed by atoms with Crippen LogP contribution in [-0.4, -0.2) is 29.5 Å². The highest BCUT2D eigenvalue weighted by Gasteiger charge is 2.37. The molecular weight excluding hydrogens is 265 g/mol. The average molecular weight is 284 g/mol. The minimum atomic E-state index is -4.36. The Balaban J connectivity index is 0.000000704. The molecule has 2 atom stereocenters. The average Bonchev–Trinajstić information content (AvgIpc) is 2.99. The smallest absolute Gasteiger partial charge is 0.299 e. The number of rotatable bonds is 1. The van der Waals surface area contributed by atoms with Crippen molar-refractivity contribution >= 4 is 5.57 Å². The van der Waals surface area contributed by atoms with Crippen molar-refractivity contribution in [2.24, 2.45) is 5.92 Å². The quantitative estimate of drug-likeness (QED) is 0.779. The Bertz CT molecular complexity index is 491. The lowest BCUT2D eigenvalue weighted by atomic mass is 9.96. The van der Waals surface area contributed by atoms with Crippen LogP contribution in [0.5, 0.6) is 0 Å². The molecule has 0 amide bonds. The third-order valence-corrected chi connectivity index (χ3v) is 3.80. The number of pyridine rings is 1. The molecule has 1 saturated heterocycles. The zero-order valence-electron chi connectivity index (χ0n) is 11.9. The maximum atomic E-state index is 12.4. The molecule has 5 heteroatoms. The van der Waals surface area contributed by atoms with Gasteiger partial charge >= 0.3 is 6.18 Å². The van der Waals surface area contributed by atoms with E-state index in [1.165, 1.54) is 12.3 Å². The van der Waals surface area contributed by atoms with Gasteiger partial charge in [-0.1, -0.05) is 26.0 Å². The van der Waals surface area contributed by atoms with E-state index >= 15 is 0 Å². The Hall–Kier alpha value is -1.36. The van der Waals surface area contributed by atoms with Crippen LogP contribution in [0, 0.1) is 5.92 Å². The molecule has 1 aliphatic heterocycles.